The summed E-state index contributed by atoms with van der Waals surface area (Å²) in [7, 11) is 1.86. The van der Waals surface area contributed by atoms with Crippen molar-refractivity contribution in [1.29, 1.82) is 0 Å². The summed E-state index contributed by atoms with van der Waals surface area (Å²) >= 11 is 1.66. The molecule has 0 radical (unpaired) electrons. The number of aryl methyl sites for hydroxylation is 1. The lowest BCUT2D eigenvalue weighted by Gasteiger charge is -2.40. The molecule has 102 valence electrons. The number of primary amides is 1. The molecule has 2 rings (SSSR count). The van der Waals surface area contributed by atoms with Crippen molar-refractivity contribution in [2.75, 3.05) is 6.26 Å². The van der Waals surface area contributed by atoms with Gasteiger partial charge < -0.3 is 5.73 Å². The summed E-state index contributed by atoms with van der Waals surface area (Å²) in [4.78, 5) is 16.0. The number of thioether (sulfide) groups is 1. The molecule has 0 spiro atoms. The van der Waals surface area contributed by atoms with Gasteiger partial charge in [0.05, 0.1) is 0 Å². The molecule has 0 saturated heterocycles. The maximum absolute atomic E-state index is 11.6. The molecule has 0 aliphatic heterocycles. The Bertz CT molecular complexity index is 575. The van der Waals surface area contributed by atoms with Crippen LogP contribution in [0.4, 0.5) is 0 Å². The van der Waals surface area contributed by atoms with Crippen molar-refractivity contribution in [2.24, 2.45) is 18.7 Å². The molecule has 19 heavy (non-hydrogen) atoms. The predicted molar refractivity (Wildman–Crippen MR) is 76.4 cm³/mol. The van der Waals surface area contributed by atoms with Crippen LogP contribution in [0.5, 0.6) is 0 Å². The summed E-state index contributed by atoms with van der Waals surface area (Å²) in [6, 6.07) is 0. The minimum Gasteiger partial charge on any atom is -0.366 e. The number of carbonyl (C=O) groups excluding carboxylic acids is 1. The van der Waals surface area contributed by atoms with E-state index in [1.54, 1.807) is 16.4 Å². The van der Waals surface area contributed by atoms with Gasteiger partial charge >= 0.3 is 0 Å². The fraction of sp³-hybridized carbons (Fsp3) is 0.462. The highest BCUT2D eigenvalue weighted by molar-refractivity contribution is 7.99. The number of amides is 1. The van der Waals surface area contributed by atoms with Crippen LogP contribution in [0.15, 0.2) is 29.6 Å². The first-order valence-corrected chi connectivity index (χ1v) is 7.26. The molecule has 6 heteroatoms. The number of allylic oxidation sites excluding steroid dienone is 2. The van der Waals surface area contributed by atoms with Crippen LogP contribution in [0, 0.1) is 5.92 Å². The van der Waals surface area contributed by atoms with E-state index >= 15 is 0 Å². The first-order chi connectivity index (χ1) is 8.95. The third-order valence-corrected chi connectivity index (χ3v) is 5.33. The molecule has 0 aromatic carbocycles. The van der Waals surface area contributed by atoms with Crippen LogP contribution in [-0.2, 0) is 16.6 Å². The lowest BCUT2D eigenvalue weighted by Crippen LogP contribution is -2.40. The van der Waals surface area contributed by atoms with Crippen LogP contribution in [0.25, 0.3) is 0 Å². The minimum atomic E-state index is -0.398. The van der Waals surface area contributed by atoms with Crippen LogP contribution in [0.2, 0.25) is 0 Å². The maximum atomic E-state index is 11.6. The molecule has 1 heterocycles. The lowest BCUT2D eigenvalue weighted by molar-refractivity contribution is -0.115. The second kappa shape index (κ2) is 4.85. The van der Waals surface area contributed by atoms with Gasteiger partial charge in [-0.05, 0) is 18.8 Å². The normalized spacial score (nSPS) is 26.8. The third kappa shape index (κ3) is 1.90. The van der Waals surface area contributed by atoms with Crippen molar-refractivity contribution in [3.8, 4) is 0 Å². The lowest BCUT2D eigenvalue weighted by atomic mass is 9.77. The van der Waals surface area contributed by atoms with Crippen LogP contribution in [0.3, 0.4) is 0 Å². The zero-order valence-electron chi connectivity index (χ0n) is 11.5. The number of rotatable bonds is 3. The van der Waals surface area contributed by atoms with E-state index in [0.29, 0.717) is 5.57 Å². The monoisotopic (exact) mass is 278 g/mol. The molecule has 0 bridgehead atoms. The molecular formula is C13H18N4OS. The van der Waals surface area contributed by atoms with Gasteiger partial charge in [-0.1, -0.05) is 19.1 Å². The summed E-state index contributed by atoms with van der Waals surface area (Å²) in [5, 5.41) is 4.15. The Morgan fingerprint density at radius 2 is 2.21 bits per heavy atom. The average Bonchev–Trinajstić information content (AvgIpc) is 2.77. The zero-order valence-corrected chi connectivity index (χ0v) is 12.4. The maximum Gasteiger partial charge on any atom is 0.244 e. The topological polar surface area (TPSA) is 73.8 Å². The predicted octanol–water partition coefficient (Wildman–Crippen LogP) is 1.38. The molecule has 1 amide bonds. The standard InChI is InChI=1S/C13H18N4OS/c1-8-5-6-10(11(14)18)9(2)13(8,19-4)12-15-7-16-17(12)3/h5-7,9H,1-4H3,(H2,14,18). The van der Waals surface area contributed by atoms with E-state index in [4.69, 9.17) is 5.73 Å². The highest BCUT2D eigenvalue weighted by Gasteiger charge is 2.46. The van der Waals surface area contributed by atoms with Crippen LogP contribution >= 0.6 is 11.8 Å². The van der Waals surface area contributed by atoms with Crippen molar-refractivity contribution < 1.29 is 4.79 Å². The van der Waals surface area contributed by atoms with Gasteiger partial charge in [0.25, 0.3) is 0 Å². The summed E-state index contributed by atoms with van der Waals surface area (Å²) in [5.74, 6) is 0.415. The summed E-state index contributed by atoms with van der Waals surface area (Å²) < 4.78 is 1.36. The highest BCUT2D eigenvalue weighted by atomic mass is 32.2. The Balaban J connectivity index is 2.64. The number of hydrogen-bond acceptors (Lipinski definition) is 4. The molecule has 1 aromatic heterocycles. The van der Waals surface area contributed by atoms with Gasteiger partial charge in [-0.3, -0.25) is 9.48 Å². The van der Waals surface area contributed by atoms with Gasteiger partial charge in [-0.15, -0.1) is 11.8 Å². The Labute approximate surface area is 117 Å². The van der Waals surface area contributed by atoms with Crippen molar-refractivity contribution >= 4 is 17.7 Å². The average molecular weight is 278 g/mol. The Hall–Kier alpha value is -1.56. The second-order valence-electron chi connectivity index (χ2n) is 4.70. The Morgan fingerprint density at radius 1 is 1.53 bits per heavy atom. The van der Waals surface area contributed by atoms with E-state index < -0.39 is 4.75 Å². The minimum absolute atomic E-state index is 0.0482. The molecule has 1 aromatic rings. The molecular weight excluding hydrogens is 260 g/mol. The molecule has 0 saturated carbocycles. The van der Waals surface area contributed by atoms with E-state index in [1.807, 2.05) is 32.4 Å². The van der Waals surface area contributed by atoms with Gasteiger partial charge in [0.1, 0.15) is 16.9 Å². The largest absolute Gasteiger partial charge is 0.366 e. The molecule has 1 aliphatic carbocycles. The smallest absolute Gasteiger partial charge is 0.244 e. The van der Waals surface area contributed by atoms with Gasteiger partial charge in [0, 0.05) is 18.5 Å². The molecule has 2 unspecified atom stereocenters. The van der Waals surface area contributed by atoms with Crippen molar-refractivity contribution in [3.05, 3.63) is 35.4 Å². The summed E-state index contributed by atoms with van der Waals surface area (Å²) in [5.41, 5.74) is 7.26. The van der Waals surface area contributed by atoms with E-state index in [1.165, 1.54) is 6.33 Å². The van der Waals surface area contributed by atoms with Gasteiger partial charge in [0.2, 0.25) is 5.91 Å². The van der Waals surface area contributed by atoms with Crippen molar-refractivity contribution in [2.45, 2.75) is 18.6 Å². The second-order valence-corrected chi connectivity index (χ2v) is 5.76. The highest BCUT2D eigenvalue weighted by Crippen LogP contribution is 2.50. The molecule has 2 atom stereocenters. The molecule has 0 fully saturated rings. The van der Waals surface area contributed by atoms with Crippen molar-refractivity contribution in [3.63, 3.8) is 0 Å². The molecule has 2 N–H and O–H groups in total. The van der Waals surface area contributed by atoms with E-state index in [0.717, 1.165) is 11.4 Å². The number of nitrogens with two attached hydrogens (primary N) is 1. The molecule has 1 aliphatic rings. The third-order valence-electron chi connectivity index (χ3n) is 3.83. The summed E-state index contributed by atoms with van der Waals surface area (Å²) in [6.07, 6.45) is 7.32. The number of aromatic nitrogens is 3. The van der Waals surface area contributed by atoms with E-state index in [-0.39, 0.29) is 11.8 Å². The van der Waals surface area contributed by atoms with E-state index in [2.05, 4.69) is 17.0 Å². The number of carbonyl (C=O) groups is 1. The fourth-order valence-corrected chi connectivity index (χ4v) is 4.01. The van der Waals surface area contributed by atoms with Gasteiger partial charge in [-0.25, -0.2) is 4.98 Å². The first kappa shape index (κ1) is 13.9. The fourth-order valence-electron chi connectivity index (χ4n) is 2.77. The van der Waals surface area contributed by atoms with Crippen LogP contribution in [-0.4, -0.2) is 26.9 Å². The van der Waals surface area contributed by atoms with Gasteiger partial charge in [-0.2, -0.15) is 5.10 Å². The quantitative estimate of drug-likeness (QED) is 0.906. The first-order valence-electron chi connectivity index (χ1n) is 6.03. The SMILES string of the molecule is CSC1(c2ncnn2C)C(C)=CC=C(C(N)=O)C1C. The van der Waals surface area contributed by atoms with Gasteiger partial charge in [0.15, 0.2) is 0 Å². The van der Waals surface area contributed by atoms with Crippen molar-refractivity contribution in [1.82, 2.24) is 14.8 Å². The summed E-state index contributed by atoms with van der Waals surface area (Å²) in [6.45, 7) is 4.06. The Morgan fingerprint density at radius 3 is 2.68 bits per heavy atom. The van der Waals surface area contributed by atoms with Crippen LogP contribution < -0.4 is 5.73 Å². The zero-order chi connectivity index (χ0) is 14.2. The number of nitrogens with zero attached hydrogens (tertiary/aromatic N) is 3. The van der Waals surface area contributed by atoms with Crippen LogP contribution in [0.1, 0.15) is 19.7 Å². The number of hydrogen-bond donors (Lipinski definition) is 1. The van der Waals surface area contributed by atoms with E-state index in [9.17, 15) is 4.79 Å². The Kier molecular flexibility index (Phi) is 3.54. The molecule has 5 nitrogen and oxygen atoms in total.